The SMILES string of the molecule is CB1OC(C)(C)C(C)(C)O1.CB1OC(C)(C)C(C)(C)O1.CBr.CC(C)Cc1nn(C)c(=O)c2c(I)n(Cc3cccc4ccccc34)cc12.CC1(C)OB(B2OC(C)(C)C(C)(C)O2)OC1(C)C.CCl.Cc1c2c(=O)n(C)nc(CC(C)C)c2cn1Cc1cccc2ccccc12. The van der Waals surface area contributed by atoms with Crippen molar-refractivity contribution in [1.82, 2.24) is 28.7 Å². The lowest BCUT2D eigenvalue weighted by molar-refractivity contribution is 0.00578. The van der Waals surface area contributed by atoms with E-state index in [9.17, 15) is 9.59 Å². The molecule has 4 fully saturated rings. The quantitative estimate of drug-likeness (QED) is 0.0768. The lowest BCUT2D eigenvalue weighted by atomic mass is 9.49. The molecule has 0 spiro atoms. The van der Waals surface area contributed by atoms with Crippen molar-refractivity contribution in [2.45, 2.75) is 230 Å². The molecule has 0 amide bonds. The van der Waals surface area contributed by atoms with Gasteiger partial charge in [-0.2, -0.15) is 10.2 Å². The molecule has 0 bridgehead atoms. The Morgan fingerprint density at radius 1 is 0.458 bits per heavy atom. The van der Waals surface area contributed by atoms with Gasteiger partial charge in [-0.1, -0.05) is 129 Å². The molecule has 23 heteroatoms. The molecule has 12 rings (SSSR count). The van der Waals surface area contributed by atoms with Crippen molar-refractivity contribution in [1.29, 1.82) is 0 Å². The van der Waals surface area contributed by atoms with Gasteiger partial charge in [-0.05, 0) is 217 Å². The van der Waals surface area contributed by atoms with E-state index >= 15 is 0 Å². The van der Waals surface area contributed by atoms with Crippen LogP contribution in [-0.2, 0) is 77.3 Å². The normalized spacial score (nSPS) is 18.8. The molecule has 0 N–H and O–H groups in total. The highest BCUT2D eigenvalue weighted by atomic mass is 127. The first-order valence-electron chi connectivity index (χ1n) is 33.4. The van der Waals surface area contributed by atoms with Crippen LogP contribution in [0, 0.1) is 22.5 Å². The van der Waals surface area contributed by atoms with Crippen LogP contribution in [0.25, 0.3) is 43.1 Å². The van der Waals surface area contributed by atoms with Gasteiger partial charge >= 0.3 is 28.3 Å². The summed E-state index contributed by atoms with van der Waals surface area (Å²) in [6.07, 6.45) is 7.41. The monoisotopic (exact) mass is 1510 g/mol. The van der Waals surface area contributed by atoms with Crippen LogP contribution in [0.1, 0.15) is 167 Å². The number of aryl methyl sites for hydroxylation is 3. The minimum absolute atomic E-state index is 0.0216. The fourth-order valence-electron chi connectivity index (χ4n) is 11.8. The first-order chi connectivity index (χ1) is 44.5. The number of aromatic nitrogens is 6. The second kappa shape index (κ2) is 31.7. The summed E-state index contributed by atoms with van der Waals surface area (Å²) >= 11 is 9.88. The van der Waals surface area contributed by atoms with Gasteiger partial charge in [0.2, 0.25) is 0 Å². The molecule has 4 aliphatic heterocycles. The zero-order valence-corrected chi connectivity index (χ0v) is 66.9. The first-order valence-corrected chi connectivity index (χ1v) is 36.8. The van der Waals surface area contributed by atoms with E-state index in [4.69, 9.17) is 37.2 Å². The second-order valence-electron chi connectivity index (χ2n) is 30.1. The van der Waals surface area contributed by atoms with E-state index in [1.165, 1.54) is 48.4 Å². The van der Waals surface area contributed by atoms with Crippen LogP contribution >= 0.6 is 50.1 Å². The molecule has 96 heavy (non-hydrogen) atoms. The van der Waals surface area contributed by atoms with Crippen LogP contribution in [0.15, 0.2) is 107 Å². The number of benzene rings is 4. The number of fused-ring (bicyclic) bond motifs is 4. The summed E-state index contributed by atoms with van der Waals surface area (Å²) in [5, 5.41) is 17.6. The van der Waals surface area contributed by atoms with Crippen molar-refractivity contribution < 1.29 is 37.2 Å². The van der Waals surface area contributed by atoms with Crippen molar-refractivity contribution >= 4 is 121 Å². The number of nitrogens with zero attached hydrogens (tertiary/aromatic N) is 6. The van der Waals surface area contributed by atoms with Crippen LogP contribution in [-0.4, -0.2) is 114 Å². The molecule has 4 aromatic carbocycles. The highest BCUT2D eigenvalue weighted by molar-refractivity contribution is 14.1. The largest absolute Gasteiger partial charge is 0.488 e. The van der Waals surface area contributed by atoms with Crippen molar-refractivity contribution in [2.75, 3.05) is 12.2 Å². The topological polar surface area (TPSA) is 153 Å². The molecule has 0 unspecified atom stereocenters. The van der Waals surface area contributed by atoms with E-state index in [1.54, 1.807) is 14.1 Å². The Balaban J connectivity index is 0.000000197. The third kappa shape index (κ3) is 18.0. The summed E-state index contributed by atoms with van der Waals surface area (Å²) < 4.78 is 54.3. The Morgan fingerprint density at radius 2 is 0.750 bits per heavy atom. The number of hydrogen-bond acceptors (Lipinski definition) is 12. The molecule has 4 aliphatic rings. The van der Waals surface area contributed by atoms with Crippen molar-refractivity contribution in [3.05, 3.63) is 150 Å². The highest BCUT2D eigenvalue weighted by Crippen LogP contribution is 2.44. The van der Waals surface area contributed by atoms with E-state index in [0.29, 0.717) is 11.8 Å². The van der Waals surface area contributed by atoms with Gasteiger partial charge in [0.1, 0.15) is 0 Å². The molecule has 0 atom stereocenters. The average molecular weight is 1510 g/mol. The van der Waals surface area contributed by atoms with Crippen LogP contribution < -0.4 is 11.1 Å². The summed E-state index contributed by atoms with van der Waals surface area (Å²) in [5.74, 6) is 2.78. The molecule has 16 nitrogen and oxygen atoms in total. The molecule has 0 saturated carbocycles. The Hall–Kier alpha value is -4.32. The molecule has 8 aromatic rings. The van der Waals surface area contributed by atoms with E-state index < -0.39 is 14.0 Å². The molecule has 4 aromatic heterocycles. The Labute approximate surface area is 601 Å². The highest BCUT2D eigenvalue weighted by Gasteiger charge is 2.64. The zero-order chi connectivity index (χ0) is 72.2. The van der Waals surface area contributed by atoms with Crippen molar-refractivity contribution in [3.8, 4) is 0 Å². The van der Waals surface area contributed by atoms with Crippen LogP contribution in [0.4, 0.5) is 0 Å². The van der Waals surface area contributed by atoms with Gasteiger partial charge in [0.15, 0.2) is 0 Å². The van der Waals surface area contributed by atoms with Gasteiger partial charge in [-0.25, -0.2) is 9.36 Å². The van der Waals surface area contributed by atoms with E-state index in [0.717, 1.165) is 68.3 Å². The standard InChI is InChI=1S/C23H25N3O.C22H22IN3O.C12H24B2O4.2C7H15BO2.CH3Br.CH3Cl/c1-15(2)12-21-20-14-26(16(3)22(20)23(27)25(4)24-21)13-18-10-7-9-17-8-5-6-11-19(17)18;1-14(2)11-19-18-13-26(21(23)20(18)22(27)25(3)24-19)12-16-9-6-8-15-7-4-5-10-17(15)16;1-9(2)10(3,4)16-13(15-9)14-17-11(5,6)12(7,8)18-14;2*1-6(2)7(3,4)10-8(5)9-6;2*1-2/h5-11,14-15H,12-13H2,1-4H3;4-10,13-14H,11-12H2,1-3H3;1-8H3;2*1-5H3;2*1H3. The minimum atomic E-state index is -0.476. The summed E-state index contributed by atoms with van der Waals surface area (Å²) in [6.45, 7) is 48.7. The van der Waals surface area contributed by atoms with Crippen LogP contribution in [0.5, 0.6) is 0 Å². The fourth-order valence-corrected chi connectivity index (χ4v) is 12.7. The summed E-state index contributed by atoms with van der Waals surface area (Å²) in [4.78, 5) is 25.5. The predicted octanol–water partition coefficient (Wildman–Crippen LogP) is 16.7. The molecule has 0 radical (unpaired) electrons. The molecular weight excluding hydrogens is 1410 g/mol. The maximum Gasteiger partial charge on any atom is 0.488 e. The average Bonchev–Trinajstić information content (AvgIpc) is 1.47. The van der Waals surface area contributed by atoms with Crippen molar-refractivity contribution in [2.24, 2.45) is 25.9 Å². The molecule has 522 valence electrons. The van der Waals surface area contributed by atoms with E-state index in [1.807, 2.05) is 81.8 Å². The van der Waals surface area contributed by atoms with Gasteiger partial charge in [0, 0.05) is 62.4 Å². The zero-order valence-electron chi connectivity index (χ0n) is 62.4. The lowest BCUT2D eigenvalue weighted by Crippen LogP contribution is -2.41. The first kappa shape index (κ1) is 80.7. The number of halogens is 3. The van der Waals surface area contributed by atoms with Gasteiger partial charge < -0.3 is 46.4 Å². The third-order valence-electron chi connectivity index (χ3n) is 19.7. The maximum atomic E-state index is 12.8. The van der Waals surface area contributed by atoms with Gasteiger partial charge in [-0.15, -0.1) is 11.6 Å². The van der Waals surface area contributed by atoms with Gasteiger partial charge in [0.25, 0.3) is 11.1 Å². The van der Waals surface area contributed by atoms with Crippen LogP contribution in [0.3, 0.4) is 0 Å². The summed E-state index contributed by atoms with van der Waals surface area (Å²) in [7, 11) is 2.40. The number of rotatable bonds is 9. The molecule has 4 saturated heterocycles. The molecule has 0 aliphatic carbocycles. The van der Waals surface area contributed by atoms with E-state index in [-0.39, 0.29) is 70.2 Å². The minimum Gasteiger partial charge on any atom is -0.405 e. The maximum absolute atomic E-state index is 12.8. The molecule has 8 heterocycles. The number of alkyl halides is 2. The van der Waals surface area contributed by atoms with Crippen molar-refractivity contribution in [3.63, 3.8) is 0 Å². The molecular formula is C73H107B4BrClIN6O10. The van der Waals surface area contributed by atoms with Gasteiger partial charge in [-0.3, -0.25) is 9.59 Å². The second-order valence-corrected chi connectivity index (χ2v) is 31.1. The Bertz CT molecular complexity index is 3750. The fraction of sp³-hybridized carbons (Fsp3) is 0.562. The Kier molecular flexibility index (Phi) is 26.6. The van der Waals surface area contributed by atoms with E-state index in [2.05, 4.69) is 250 Å². The third-order valence-corrected chi connectivity index (χ3v) is 20.8. The number of hydrogen-bond donors (Lipinski definition) is 0. The lowest BCUT2D eigenvalue weighted by Gasteiger charge is -2.32. The Morgan fingerprint density at radius 3 is 1.08 bits per heavy atom. The van der Waals surface area contributed by atoms with Crippen LogP contribution in [0.2, 0.25) is 13.6 Å². The smallest absolute Gasteiger partial charge is 0.405 e. The summed E-state index contributed by atoms with van der Waals surface area (Å²) in [6, 6.07) is 29.7. The predicted molar refractivity (Wildman–Crippen MR) is 413 cm³/mol. The summed E-state index contributed by atoms with van der Waals surface area (Å²) in [5.41, 5.74) is 3.38. The van der Waals surface area contributed by atoms with Gasteiger partial charge in [0.05, 0.1) is 70.7 Å².